The molecule has 29 heavy (non-hydrogen) atoms. The molecule has 3 rings (SSSR count). The number of nitrogens with zero attached hydrogens (tertiary/aromatic N) is 1. The van der Waals surface area contributed by atoms with Crippen LogP contribution in [0.3, 0.4) is 0 Å². The molecule has 3 aromatic rings. The molecule has 5 nitrogen and oxygen atoms in total. The molecule has 0 heterocycles. The lowest BCUT2D eigenvalue weighted by Gasteiger charge is -2.05. The number of benzene rings is 3. The number of nitrogens with one attached hydrogen (secondary N) is 1. The van der Waals surface area contributed by atoms with Gasteiger partial charge in [-0.2, -0.15) is 5.10 Å². The van der Waals surface area contributed by atoms with Crippen LogP contribution >= 0.6 is 23.2 Å². The summed E-state index contributed by atoms with van der Waals surface area (Å²) in [5.74, 6) is -0.498. The summed E-state index contributed by atoms with van der Waals surface area (Å²) >= 11 is 11.9. The third kappa shape index (κ3) is 5.67. The Morgan fingerprint density at radius 2 is 1.66 bits per heavy atom. The largest absolute Gasteiger partial charge is 0.423 e. The summed E-state index contributed by atoms with van der Waals surface area (Å²) in [5, 5.41) is 4.83. The maximum absolute atomic E-state index is 12.1. The molecule has 0 fully saturated rings. The maximum Gasteiger partial charge on any atom is 0.343 e. The molecule has 0 aliphatic carbocycles. The number of amides is 1. The van der Waals surface area contributed by atoms with Gasteiger partial charge in [0.05, 0.1) is 22.4 Å². The van der Waals surface area contributed by atoms with Crippen LogP contribution in [0.2, 0.25) is 10.0 Å². The molecule has 1 amide bonds. The Morgan fingerprint density at radius 1 is 0.966 bits per heavy atom. The molecule has 0 aliphatic rings. The molecule has 0 aliphatic heterocycles. The Labute approximate surface area is 177 Å². The first-order valence-corrected chi connectivity index (χ1v) is 9.35. The number of carbonyl (C=O) groups is 2. The van der Waals surface area contributed by atoms with Crippen molar-refractivity contribution in [1.82, 2.24) is 5.43 Å². The molecule has 0 aromatic heterocycles. The molecular formula is C22H16Cl2N2O3. The summed E-state index contributed by atoms with van der Waals surface area (Å²) in [6, 6.07) is 18.3. The van der Waals surface area contributed by atoms with Crippen molar-refractivity contribution in [3.05, 3.63) is 99.0 Å². The van der Waals surface area contributed by atoms with Crippen LogP contribution in [-0.4, -0.2) is 18.1 Å². The molecule has 0 saturated carbocycles. The fourth-order valence-corrected chi connectivity index (χ4v) is 2.85. The molecule has 146 valence electrons. The second kappa shape index (κ2) is 9.37. The van der Waals surface area contributed by atoms with Crippen molar-refractivity contribution in [1.29, 1.82) is 0 Å². The molecule has 1 N–H and O–H groups in total. The van der Waals surface area contributed by atoms with E-state index in [4.69, 9.17) is 27.9 Å². The highest BCUT2D eigenvalue weighted by molar-refractivity contribution is 6.33. The van der Waals surface area contributed by atoms with Gasteiger partial charge in [-0.15, -0.1) is 0 Å². The van der Waals surface area contributed by atoms with E-state index in [1.165, 1.54) is 6.21 Å². The van der Waals surface area contributed by atoms with E-state index in [2.05, 4.69) is 10.5 Å². The number of halogens is 2. The van der Waals surface area contributed by atoms with Gasteiger partial charge >= 0.3 is 5.97 Å². The highest BCUT2D eigenvalue weighted by Crippen LogP contribution is 2.18. The van der Waals surface area contributed by atoms with Crippen LogP contribution in [0.1, 0.15) is 31.8 Å². The van der Waals surface area contributed by atoms with Gasteiger partial charge in [-0.25, -0.2) is 10.2 Å². The molecule has 0 unspecified atom stereocenters. The van der Waals surface area contributed by atoms with Crippen molar-refractivity contribution in [2.45, 2.75) is 6.92 Å². The van der Waals surface area contributed by atoms with E-state index < -0.39 is 11.9 Å². The Morgan fingerprint density at radius 3 is 2.31 bits per heavy atom. The molecule has 7 heteroatoms. The monoisotopic (exact) mass is 426 g/mol. The predicted molar refractivity (Wildman–Crippen MR) is 114 cm³/mol. The Kier molecular flexibility index (Phi) is 6.65. The van der Waals surface area contributed by atoms with E-state index in [1.54, 1.807) is 66.7 Å². The molecule has 0 radical (unpaired) electrons. The van der Waals surface area contributed by atoms with Crippen LogP contribution < -0.4 is 10.2 Å². The van der Waals surface area contributed by atoms with Crippen molar-refractivity contribution in [2.75, 3.05) is 0 Å². The molecule has 0 atom stereocenters. The summed E-state index contributed by atoms with van der Waals surface area (Å²) < 4.78 is 5.31. The smallest absolute Gasteiger partial charge is 0.343 e. The van der Waals surface area contributed by atoms with Crippen LogP contribution in [0.5, 0.6) is 5.75 Å². The van der Waals surface area contributed by atoms with Gasteiger partial charge < -0.3 is 4.74 Å². The molecule has 0 bridgehead atoms. The third-order valence-corrected chi connectivity index (χ3v) is 4.48. The van der Waals surface area contributed by atoms with Gasteiger partial charge in [0.2, 0.25) is 0 Å². The average Bonchev–Trinajstić information content (AvgIpc) is 2.69. The van der Waals surface area contributed by atoms with E-state index in [9.17, 15) is 9.59 Å². The van der Waals surface area contributed by atoms with Gasteiger partial charge in [-0.1, -0.05) is 29.3 Å². The highest BCUT2D eigenvalue weighted by Gasteiger charge is 2.10. The quantitative estimate of drug-likeness (QED) is 0.261. The zero-order valence-corrected chi connectivity index (χ0v) is 16.9. The van der Waals surface area contributed by atoms with Gasteiger partial charge in [-0.3, -0.25) is 4.79 Å². The summed E-state index contributed by atoms with van der Waals surface area (Å²) in [6.45, 7) is 1.89. The minimum absolute atomic E-state index is 0.346. The van der Waals surface area contributed by atoms with Gasteiger partial charge in [0.1, 0.15) is 5.75 Å². The second-order valence-corrected chi connectivity index (χ2v) is 6.99. The SMILES string of the molecule is Cc1ccc(C(=O)NN=Cc2ccc(OC(=O)c3ccc(Cl)cc3)cc2)c(Cl)c1. The van der Waals surface area contributed by atoms with E-state index in [1.807, 2.05) is 6.92 Å². The van der Waals surface area contributed by atoms with Crippen molar-refractivity contribution in [2.24, 2.45) is 5.10 Å². The Hall–Kier alpha value is -3.15. The van der Waals surface area contributed by atoms with Gasteiger partial charge in [-0.05, 0) is 78.7 Å². The van der Waals surface area contributed by atoms with E-state index in [0.29, 0.717) is 32.5 Å². The minimum Gasteiger partial charge on any atom is -0.423 e. The summed E-state index contributed by atoms with van der Waals surface area (Å²) in [6.07, 6.45) is 1.48. The van der Waals surface area contributed by atoms with Gasteiger partial charge in [0.25, 0.3) is 5.91 Å². The summed E-state index contributed by atoms with van der Waals surface area (Å²) in [4.78, 5) is 24.2. The van der Waals surface area contributed by atoms with E-state index in [-0.39, 0.29) is 0 Å². The lowest BCUT2D eigenvalue weighted by molar-refractivity contribution is 0.0734. The van der Waals surface area contributed by atoms with Crippen LogP contribution in [0, 0.1) is 6.92 Å². The molecule has 3 aromatic carbocycles. The van der Waals surface area contributed by atoms with Gasteiger partial charge in [0, 0.05) is 5.02 Å². The van der Waals surface area contributed by atoms with Crippen molar-refractivity contribution in [3.8, 4) is 5.75 Å². The van der Waals surface area contributed by atoms with E-state index >= 15 is 0 Å². The van der Waals surface area contributed by atoms with Crippen LogP contribution in [0.15, 0.2) is 71.8 Å². The first-order chi connectivity index (χ1) is 13.9. The third-order valence-electron chi connectivity index (χ3n) is 3.92. The highest BCUT2D eigenvalue weighted by atomic mass is 35.5. The summed E-state index contributed by atoms with van der Waals surface area (Å²) in [7, 11) is 0. The van der Waals surface area contributed by atoms with Crippen LogP contribution in [0.25, 0.3) is 0 Å². The van der Waals surface area contributed by atoms with E-state index in [0.717, 1.165) is 5.56 Å². The zero-order chi connectivity index (χ0) is 20.8. The maximum atomic E-state index is 12.1. The average molecular weight is 427 g/mol. The lowest BCUT2D eigenvalue weighted by atomic mass is 10.1. The molecule has 0 spiro atoms. The Bertz CT molecular complexity index is 1060. The number of carbonyl (C=O) groups excluding carboxylic acids is 2. The predicted octanol–water partition coefficient (Wildman–Crippen LogP) is 5.28. The van der Waals surface area contributed by atoms with Crippen LogP contribution in [-0.2, 0) is 0 Å². The first kappa shape index (κ1) is 20.6. The molecular weight excluding hydrogens is 411 g/mol. The number of esters is 1. The number of hydrogen-bond donors (Lipinski definition) is 1. The van der Waals surface area contributed by atoms with Crippen LogP contribution in [0.4, 0.5) is 0 Å². The number of ether oxygens (including phenoxy) is 1. The van der Waals surface area contributed by atoms with Crippen molar-refractivity contribution >= 4 is 41.3 Å². The second-order valence-electron chi connectivity index (χ2n) is 6.15. The number of hydrazone groups is 1. The van der Waals surface area contributed by atoms with Gasteiger partial charge in [0.15, 0.2) is 0 Å². The fourth-order valence-electron chi connectivity index (χ4n) is 2.40. The standard InChI is InChI=1S/C22H16Cl2N2O3/c1-14-2-11-19(20(24)12-14)21(27)26-25-13-15-3-9-18(10-4-15)29-22(28)16-5-7-17(23)8-6-16/h2-13H,1H3,(H,26,27). The van der Waals surface area contributed by atoms with Crippen molar-refractivity contribution < 1.29 is 14.3 Å². The summed E-state index contributed by atoms with van der Waals surface area (Å²) in [5.41, 5.74) is 4.86. The zero-order valence-electron chi connectivity index (χ0n) is 15.4. The normalized spacial score (nSPS) is 10.7. The number of aryl methyl sites for hydroxylation is 1. The lowest BCUT2D eigenvalue weighted by Crippen LogP contribution is -2.18. The Balaban J connectivity index is 1.57. The first-order valence-electron chi connectivity index (χ1n) is 8.60. The minimum atomic E-state index is -0.481. The molecule has 0 saturated heterocycles. The fraction of sp³-hybridized carbons (Fsp3) is 0.0455. The number of rotatable bonds is 5. The number of hydrogen-bond acceptors (Lipinski definition) is 4. The topological polar surface area (TPSA) is 67.8 Å². The van der Waals surface area contributed by atoms with Crippen molar-refractivity contribution in [3.63, 3.8) is 0 Å².